The summed E-state index contributed by atoms with van der Waals surface area (Å²) in [6.45, 7) is 4.12. The van der Waals surface area contributed by atoms with E-state index in [4.69, 9.17) is 22.3 Å². The van der Waals surface area contributed by atoms with Gasteiger partial charge in [0.15, 0.2) is 11.5 Å². The van der Waals surface area contributed by atoms with E-state index in [2.05, 4.69) is 34.4 Å². The smallest absolute Gasteiger partial charge is 0.224 e. The number of benzene rings is 1. The molecule has 12 heteroatoms. The van der Waals surface area contributed by atoms with Gasteiger partial charge in [-0.15, -0.1) is 0 Å². The van der Waals surface area contributed by atoms with Crippen LogP contribution in [0.4, 0.5) is 26.4 Å². The molecule has 0 unspecified atom stereocenters. The summed E-state index contributed by atoms with van der Waals surface area (Å²) in [4.78, 5) is 25.4. The molecule has 3 aromatic rings. The molecule has 2 saturated carbocycles. The second-order valence-electron chi connectivity index (χ2n) is 11.1. The molecule has 2 aliphatic carbocycles. The fourth-order valence-electron chi connectivity index (χ4n) is 5.50. The minimum atomic E-state index is -0.921. The van der Waals surface area contributed by atoms with Crippen molar-refractivity contribution in [3.05, 3.63) is 35.0 Å². The number of aliphatic hydroxyl groups excluding tert-OH is 1. The van der Waals surface area contributed by atoms with E-state index in [-0.39, 0.29) is 40.3 Å². The number of rotatable bonds is 6. The summed E-state index contributed by atoms with van der Waals surface area (Å²) in [5.74, 6) is -1.69. The van der Waals surface area contributed by atoms with Crippen LogP contribution in [-0.2, 0) is 4.79 Å². The summed E-state index contributed by atoms with van der Waals surface area (Å²) < 4.78 is 31.2. The molecule has 9 nitrogen and oxygen atoms in total. The van der Waals surface area contributed by atoms with Gasteiger partial charge >= 0.3 is 0 Å². The van der Waals surface area contributed by atoms with Gasteiger partial charge in [-0.25, -0.2) is 18.7 Å². The second kappa shape index (κ2) is 10.3. The number of nitrogens with two attached hydrogens (primary N) is 1. The monoisotopic (exact) mass is 547 g/mol. The minimum Gasteiger partial charge on any atom is -0.392 e. The number of nitrogens with zero attached hydrogens (tertiary/aromatic N) is 4. The average Bonchev–Trinajstić information content (AvgIpc) is 3.24. The average molecular weight is 548 g/mol. The van der Waals surface area contributed by atoms with Crippen LogP contribution in [0, 0.1) is 23.0 Å². The van der Waals surface area contributed by atoms with Crippen LogP contribution in [0.25, 0.3) is 11.2 Å². The van der Waals surface area contributed by atoms with Crippen molar-refractivity contribution in [3.63, 3.8) is 0 Å². The van der Waals surface area contributed by atoms with Gasteiger partial charge in [0.1, 0.15) is 17.0 Å². The van der Waals surface area contributed by atoms with Crippen LogP contribution in [0.15, 0.2) is 18.3 Å². The zero-order valence-electron chi connectivity index (χ0n) is 21.3. The zero-order valence-corrected chi connectivity index (χ0v) is 22.1. The third-order valence-corrected chi connectivity index (χ3v) is 8.35. The highest BCUT2D eigenvalue weighted by Gasteiger charge is 2.35. The Hall–Kier alpha value is -3.05. The van der Waals surface area contributed by atoms with Gasteiger partial charge in [0.25, 0.3) is 0 Å². The Kier molecular flexibility index (Phi) is 7.17. The van der Waals surface area contributed by atoms with E-state index in [1.807, 2.05) is 4.57 Å². The van der Waals surface area contributed by atoms with Gasteiger partial charge in [0, 0.05) is 18.0 Å². The number of aliphatic hydroxyl groups is 1. The summed E-state index contributed by atoms with van der Waals surface area (Å²) in [5.41, 5.74) is 5.91. The first-order chi connectivity index (χ1) is 18.0. The third kappa shape index (κ3) is 5.13. The Morgan fingerprint density at radius 1 is 1.18 bits per heavy atom. The molecule has 1 aromatic carbocycles. The predicted octanol–water partition coefficient (Wildman–Crippen LogP) is 5.07. The first kappa shape index (κ1) is 26.6. The number of halogens is 3. The Balaban J connectivity index is 1.50. The van der Waals surface area contributed by atoms with Gasteiger partial charge in [-0.05, 0) is 62.5 Å². The van der Waals surface area contributed by atoms with Gasteiger partial charge in [-0.2, -0.15) is 4.98 Å². The number of carbonyl (C=O) groups is 1. The van der Waals surface area contributed by atoms with Gasteiger partial charge in [-0.3, -0.25) is 9.36 Å². The van der Waals surface area contributed by atoms with E-state index in [1.165, 1.54) is 0 Å². The standard InChI is InChI=1S/C26H32ClF2N7O2/c1-26(2)10-9-14(11-19(26)37)32-24-31-12-18-23(35-24)36(15-5-3-13(4-6-15)22(30)38)25(33-18)34-21-17(28)8-7-16(27)20(21)29/h7-8,12-15,19,37H,3-6,9-11H2,1-2H3,(H2,30,38)(H,33,34)(H,31,32,35)/t13-,14-,15+,19-/m1/s1. The predicted molar refractivity (Wildman–Crippen MR) is 141 cm³/mol. The maximum absolute atomic E-state index is 14.7. The first-order valence-electron chi connectivity index (χ1n) is 12.9. The van der Waals surface area contributed by atoms with Crippen LogP contribution < -0.4 is 16.4 Å². The molecule has 0 aliphatic heterocycles. The van der Waals surface area contributed by atoms with Crippen LogP contribution in [0.2, 0.25) is 5.02 Å². The van der Waals surface area contributed by atoms with Crippen LogP contribution in [0.5, 0.6) is 0 Å². The summed E-state index contributed by atoms with van der Waals surface area (Å²) >= 11 is 5.91. The molecule has 2 aromatic heterocycles. The number of hydrogen-bond donors (Lipinski definition) is 4. The van der Waals surface area contributed by atoms with Crippen LogP contribution in [0.1, 0.15) is 64.8 Å². The largest absolute Gasteiger partial charge is 0.392 e. The van der Waals surface area contributed by atoms with E-state index in [0.29, 0.717) is 49.2 Å². The fraction of sp³-hybridized carbons (Fsp3) is 0.538. The number of fused-ring (bicyclic) bond motifs is 1. The summed E-state index contributed by atoms with van der Waals surface area (Å²) in [6, 6.07) is 2.10. The molecule has 38 heavy (non-hydrogen) atoms. The molecular formula is C26H32ClF2N7O2. The van der Waals surface area contributed by atoms with Crippen LogP contribution >= 0.6 is 11.6 Å². The molecule has 5 N–H and O–H groups in total. The van der Waals surface area contributed by atoms with Gasteiger partial charge in [0.2, 0.25) is 17.8 Å². The van der Waals surface area contributed by atoms with Crippen molar-refractivity contribution < 1.29 is 18.7 Å². The molecular weight excluding hydrogens is 516 g/mol. The zero-order chi connectivity index (χ0) is 27.2. The number of carbonyl (C=O) groups excluding carboxylic acids is 1. The quantitative estimate of drug-likeness (QED) is 0.317. The molecule has 2 fully saturated rings. The lowest BCUT2D eigenvalue weighted by Crippen LogP contribution is -2.41. The van der Waals surface area contributed by atoms with Crippen molar-refractivity contribution in [2.45, 2.75) is 77.0 Å². The molecule has 2 atom stereocenters. The number of amides is 1. The molecule has 2 aliphatic rings. The van der Waals surface area contributed by atoms with E-state index in [9.17, 15) is 18.7 Å². The van der Waals surface area contributed by atoms with Crippen LogP contribution in [-0.4, -0.2) is 42.7 Å². The summed E-state index contributed by atoms with van der Waals surface area (Å²) in [6.07, 6.45) is 5.83. The van der Waals surface area contributed by atoms with E-state index < -0.39 is 23.4 Å². The van der Waals surface area contributed by atoms with E-state index >= 15 is 0 Å². The van der Waals surface area contributed by atoms with Crippen molar-refractivity contribution in [1.29, 1.82) is 0 Å². The number of nitrogens with one attached hydrogen (secondary N) is 2. The lowest BCUT2D eigenvalue weighted by Gasteiger charge is -2.39. The lowest BCUT2D eigenvalue weighted by molar-refractivity contribution is -0.122. The van der Waals surface area contributed by atoms with Crippen molar-refractivity contribution in [2.24, 2.45) is 17.1 Å². The molecule has 1 amide bonds. The Labute approximate surface area is 224 Å². The van der Waals surface area contributed by atoms with Crippen molar-refractivity contribution >= 4 is 46.3 Å². The van der Waals surface area contributed by atoms with Gasteiger partial charge in [-0.1, -0.05) is 25.4 Å². The normalized spacial score (nSPS) is 25.3. The van der Waals surface area contributed by atoms with Gasteiger partial charge in [0.05, 0.1) is 17.3 Å². The minimum absolute atomic E-state index is 0.00472. The van der Waals surface area contributed by atoms with Crippen molar-refractivity contribution in [2.75, 3.05) is 10.6 Å². The van der Waals surface area contributed by atoms with E-state index in [0.717, 1.165) is 25.0 Å². The van der Waals surface area contributed by atoms with E-state index in [1.54, 1.807) is 6.20 Å². The molecule has 0 bridgehead atoms. The Morgan fingerprint density at radius 3 is 2.61 bits per heavy atom. The number of anilines is 3. The summed E-state index contributed by atoms with van der Waals surface area (Å²) in [5, 5.41) is 16.4. The highest BCUT2D eigenvalue weighted by atomic mass is 35.5. The molecule has 204 valence electrons. The second-order valence-corrected chi connectivity index (χ2v) is 11.5. The SMILES string of the molecule is CC1(C)CC[C@@H](Nc2ncc3nc(Nc4c(F)ccc(Cl)c4F)n([C@H]4CC[C@@H](C(N)=O)CC4)c3n2)C[C@H]1O. The number of aromatic nitrogens is 4. The number of primary amides is 1. The van der Waals surface area contributed by atoms with Crippen LogP contribution in [0.3, 0.4) is 0 Å². The number of imidazole rings is 1. The van der Waals surface area contributed by atoms with Crippen molar-refractivity contribution in [3.8, 4) is 0 Å². The Bertz CT molecular complexity index is 1360. The Morgan fingerprint density at radius 2 is 1.92 bits per heavy atom. The van der Waals surface area contributed by atoms with Crippen molar-refractivity contribution in [1.82, 2.24) is 19.5 Å². The molecule has 0 saturated heterocycles. The molecule has 2 heterocycles. The molecule has 0 radical (unpaired) electrons. The third-order valence-electron chi connectivity index (χ3n) is 8.06. The fourth-order valence-corrected chi connectivity index (χ4v) is 5.66. The number of hydrogen-bond acceptors (Lipinski definition) is 7. The first-order valence-corrected chi connectivity index (χ1v) is 13.3. The molecule has 0 spiro atoms. The lowest BCUT2D eigenvalue weighted by atomic mass is 9.73. The summed E-state index contributed by atoms with van der Waals surface area (Å²) in [7, 11) is 0. The molecule has 5 rings (SSSR count). The van der Waals surface area contributed by atoms with Gasteiger partial charge < -0.3 is 21.5 Å². The maximum Gasteiger partial charge on any atom is 0.224 e. The maximum atomic E-state index is 14.7. The highest BCUT2D eigenvalue weighted by molar-refractivity contribution is 6.31. The topological polar surface area (TPSA) is 131 Å². The highest BCUT2D eigenvalue weighted by Crippen LogP contribution is 2.39.